The van der Waals surface area contributed by atoms with Crippen LogP contribution in [0, 0.1) is 11.3 Å². The summed E-state index contributed by atoms with van der Waals surface area (Å²) in [7, 11) is 0.556. The van der Waals surface area contributed by atoms with E-state index in [1.807, 2.05) is 54.4 Å². The van der Waals surface area contributed by atoms with Crippen LogP contribution >= 0.6 is 8.53 Å². The number of unbranched alkanes of at least 4 members (excludes halogenated alkanes) is 1. The van der Waals surface area contributed by atoms with Crippen LogP contribution in [0.3, 0.4) is 0 Å². The first-order valence-corrected chi connectivity index (χ1v) is 15.8. The zero-order valence-corrected chi connectivity index (χ0v) is 25.6. The third kappa shape index (κ3) is 8.03. The van der Waals surface area contributed by atoms with Gasteiger partial charge in [-0.3, -0.25) is 4.79 Å². The molecule has 3 aromatic carbocycles. The van der Waals surface area contributed by atoms with Gasteiger partial charge in [0.25, 0.3) is 14.4 Å². The van der Waals surface area contributed by atoms with Gasteiger partial charge in [0.2, 0.25) is 0 Å². The van der Waals surface area contributed by atoms with Gasteiger partial charge in [0.15, 0.2) is 0 Å². The predicted octanol–water partition coefficient (Wildman–Crippen LogP) is 7.85. The number of nitriles is 1. The summed E-state index contributed by atoms with van der Waals surface area (Å²) in [6, 6.07) is 28.6. The van der Waals surface area contributed by atoms with Gasteiger partial charge in [-0.15, -0.1) is 0 Å². The van der Waals surface area contributed by atoms with Gasteiger partial charge >= 0.3 is 0 Å². The first-order chi connectivity index (χ1) is 19.9. The zero-order chi connectivity index (χ0) is 29.2. The summed E-state index contributed by atoms with van der Waals surface area (Å²) in [5, 5.41) is 9.09. The minimum Gasteiger partial charge on any atom is -0.325 e. The molecule has 1 unspecified atom stereocenters. The number of fused-ring (bicyclic) bond motifs is 1. The average Bonchev–Trinajstić information content (AvgIpc) is 3.36. The normalized spacial score (nSPS) is 16.9. The molecule has 0 aliphatic heterocycles. The van der Waals surface area contributed by atoms with Gasteiger partial charge in [-0.05, 0) is 68.1 Å². The van der Waals surface area contributed by atoms with Gasteiger partial charge in [0, 0.05) is 24.6 Å². The number of carbonyl (C=O) groups is 1. The quantitative estimate of drug-likeness (QED) is 0.146. The highest BCUT2D eigenvalue weighted by Crippen LogP contribution is 2.50. The first kappa shape index (κ1) is 30.9. The monoisotopic (exact) mass is 571 g/mol. The van der Waals surface area contributed by atoms with Gasteiger partial charge < -0.3 is 13.9 Å². The van der Waals surface area contributed by atoms with E-state index in [1.165, 1.54) is 11.1 Å². The lowest BCUT2D eigenvalue weighted by molar-refractivity contribution is 0.0406. The fourth-order valence-electron chi connectivity index (χ4n) is 5.11. The molecule has 4 rings (SSSR count). The molecular weight excluding hydrogens is 529 g/mol. The Morgan fingerprint density at radius 1 is 1.02 bits per heavy atom. The molecule has 0 bridgehead atoms. The minimum atomic E-state index is -1.44. The molecular formula is C34H42N3O3P. The van der Waals surface area contributed by atoms with E-state index in [1.54, 1.807) is 0 Å². The molecule has 0 aromatic heterocycles. The second kappa shape index (κ2) is 15.2. The number of hydrogen-bond donors (Lipinski definition) is 0. The highest BCUT2D eigenvalue weighted by atomic mass is 31.2. The van der Waals surface area contributed by atoms with E-state index in [0.717, 1.165) is 30.4 Å². The lowest BCUT2D eigenvalue weighted by atomic mass is 10.0. The van der Waals surface area contributed by atoms with E-state index in [-0.39, 0.29) is 24.1 Å². The number of amides is 1. The van der Waals surface area contributed by atoms with Crippen molar-refractivity contribution in [2.24, 2.45) is 0 Å². The molecule has 6 nitrogen and oxygen atoms in total. The average molecular weight is 572 g/mol. The number of carbonyl (C=O) groups excluding carboxylic acids is 1. The van der Waals surface area contributed by atoms with E-state index < -0.39 is 8.53 Å². The molecule has 0 saturated heterocycles. The smallest absolute Gasteiger partial charge is 0.259 e. The Morgan fingerprint density at radius 3 is 2.41 bits per heavy atom. The van der Waals surface area contributed by atoms with Crippen molar-refractivity contribution in [3.63, 3.8) is 0 Å². The van der Waals surface area contributed by atoms with Crippen molar-refractivity contribution in [3.8, 4) is 6.07 Å². The van der Waals surface area contributed by atoms with Crippen molar-refractivity contribution >= 4 is 14.4 Å². The highest BCUT2D eigenvalue weighted by Gasteiger charge is 2.42. The summed E-state index contributed by atoms with van der Waals surface area (Å²) < 4.78 is 15.0. The standard InChI is InChI=1S/C34H42N3O3P/c1-5-6-13-27-18-20-29(21-19-27)34(38)37(25-28-14-8-7-9-15-28)33-31-17-11-10-16-30(31)24-32(33)40-41(36(4)26(2)3)39-23-12-22-35/h7-11,14-21,26,32-33H,5-6,12-13,23-25H2,1-4H3/t32-,33+,41?/m0/s1. The topological polar surface area (TPSA) is 65.8 Å². The van der Waals surface area contributed by atoms with Gasteiger partial charge in [-0.1, -0.05) is 80.1 Å². The number of nitrogens with zero attached hydrogens (tertiary/aromatic N) is 3. The number of benzene rings is 3. The van der Waals surface area contributed by atoms with Crippen molar-refractivity contribution in [1.29, 1.82) is 5.26 Å². The van der Waals surface area contributed by atoms with Crippen LogP contribution in [0.15, 0.2) is 78.9 Å². The van der Waals surface area contributed by atoms with Crippen molar-refractivity contribution in [3.05, 3.63) is 107 Å². The number of aryl methyl sites for hydroxylation is 1. The van der Waals surface area contributed by atoms with E-state index in [2.05, 4.69) is 67.9 Å². The van der Waals surface area contributed by atoms with Gasteiger partial charge in [-0.25, -0.2) is 4.67 Å². The van der Waals surface area contributed by atoms with Crippen LogP contribution < -0.4 is 0 Å². The largest absolute Gasteiger partial charge is 0.325 e. The molecule has 3 aromatic rings. The fourth-order valence-corrected chi connectivity index (χ4v) is 6.55. The molecule has 0 radical (unpaired) electrons. The Morgan fingerprint density at radius 2 is 1.73 bits per heavy atom. The van der Waals surface area contributed by atoms with Crippen molar-refractivity contribution < 1.29 is 13.8 Å². The van der Waals surface area contributed by atoms with Crippen LogP contribution in [0.1, 0.15) is 78.7 Å². The SMILES string of the molecule is CCCCc1ccc(C(=O)N(Cc2ccccc2)[C@@H]2c3ccccc3C[C@@H]2OP(OCCC#N)N(C)C(C)C)cc1. The Labute approximate surface area is 246 Å². The van der Waals surface area contributed by atoms with Crippen LogP contribution in [-0.4, -0.2) is 41.3 Å². The summed E-state index contributed by atoms with van der Waals surface area (Å²) in [5.74, 6) is -0.0156. The Bertz CT molecular complexity index is 1290. The number of hydrogen-bond acceptors (Lipinski definition) is 5. The summed E-state index contributed by atoms with van der Waals surface area (Å²) >= 11 is 0. The van der Waals surface area contributed by atoms with Crippen molar-refractivity contribution in [2.75, 3.05) is 13.7 Å². The second-order valence-corrected chi connectivity index (χ2v) is 12.4. The Hall–Kier alpha value is -3.07. The van der Waals surface area contributed by atoms with E-state index >= 15 is 0 Å². The summed E-state index contributed by atoms with van der Waals surface area (Å²) in [6.45, 7) is 7.16. The number of rotatable bonds is 14. The maximum atomic E-state index is 14.4. The third-order valence-corrected chi connectivity index (χ3v) is 9.44. The van der Waals surface area contributed by atoms with E-state index in [0.29, 0.717) is 31.6 Å². The summed E-state index contributed by atoms with van der Waals surface area (Å²) in [6.07, 6.45) is 3.98. The van der Waals surface area contributed by atoms with Crippen LogP contribution in [0.2, 0.25) is 0 Å². The molecule has 3 atom stereocenters. The van der Waals surface area contributed by atoms with Crippen molar-refractivity contribution in [2.45, 2.75) is 77.6 Å². The first-order valence-electron chi connectivity index (χ1n) is 14.6. The van der Waals surface area contributed by atoms with Gasteiger partial charge in [0.1, 0.15) is 0 Å². The molecule has 0 heterocycles. The molecule has 1 amide bonds. The molecule has 1 aliphatic rings. The van der Waals surface area contributed by atoms with Crippen LogP contribution in [0.4, 0.5) is 0 Å². The molecule has 7 heteroatoms. The fraction of sp³-hybridized carbons (Fsp3) is 0.412. The molecule has 0 fully saturated rings. The summed E-state index contributed by atoms with van der Waals surface area (Å²) in [5.41, 5.74) is 5.29. The lowest BCUT2D eigenvalue weighted by Crippen LogP contribution is -2.40. The van der Waals surface area contributed by atoms with Gasteiger partial charge in [0.05, 0.1) is 31.2 Å². The third-order valence-electron chi connectivity index (χ3n) is 7.61. The second-order valence-electron chi connectivity index (χ2n) is 10.9. The lowest BCUT2D eigenvalue weighted by Gasteiger charge is -2.37. The molecule has 1 aliphatic carbocycles. The van der Waals surface area contributed by atoms with Gasteiger partial charge in [-0.2, -0.15) is 5.26 Å². The predicted molar refractivity (Wildman–Crippen MR) is 165 cm³/mol. The molecule has 0 saturated carbocycles. The minimum absolute atomic E-state index is 0.0156. The van der Waals surface area contributed by atoms with Crippen LogP contribution in [-0.2, 0) is 28.4 Å². The Kier molecular flexibility index (Phi) is 11.5. The maximum absolute atomic E-state index is 14.4. The van der Waals surface area contributed by atoms with Crippen LogP contribution in [0.25, 0.3) is 0 Å². The van der Waals surface area contributed by atoms with E-state index in [9.17, 15) is 4.79 Å². The maximum Gasteiger partial charge on any atom is 0.259 e. The molecule has 41 heavy (non-hydrogen) atoms. The summed E-state index contributed by atoms with van der Waals surface area (Å²) in [4.78, 5) is 16.3. The molecule has 216 valence electrons. The molecule has 0 spiro atoms. The van der Waals surface area contributed by atoms with Crippen LogP contribution in [0.5, 0.6) is 0 Å². The Balaban J connectivity index is 1.70. The van der Waals surface area contributed by atoms with E-state index in [4.69, 9.17) is 14.3 Å². The molecule has 0 N–H and O–H groups in total. The highest BCUT2D eigenvalue weighted by molar-refractivity contribution is 7.44. The zero-order valence-electron chi connectivity index (χ0n) is 24.7. The van der Waals surface area contributed by atoms with Crippen molar-refractivity contribution in [1.82, 2.24) is 9.57 Å².